The largest absolute Gasteiger partial charge is 0.395 e. The number of aliphatic hydroxyl groups excluding tert-OH is 1. The Hall–Kier alpha value is -0.200. The van der Waals surface area contributed by atoms with E-state index in [4.69, 9.17) is 19.3 Å². The summed E-state index contributed by atoms with van der Waals surface area (Å²) in [5.41, 5.74) is 0. The summed E-state index contributed by atoms with van der Waals surface area (Å²) in [5.74, 6) is 0. The van der Waals surface area contributed by atoms with Crippen molar-refractivity contribution in [3.8, 4) is 0 Å². The molecule has 0 aliphatic carbocycles. The standard InChI is InChI=1S/C14H31NO4/c1-4-5-7-17-9-11-19-12-10-18-8-6-15(3)14(2)13-16/h14,16H,4-13H2,1-3H3. The fourth-order valence-electron chi connectivity index (χ4n) is 1.36. The van der Waals surface area contributed by atoms with Crippen LogP contribution in [0.2, 0.25) is 0 Å². The van der Waals surface area contributed by atoms with Crippen molar-refractivity contribution >= 4 is 0 Å². The normalized spacial score (nSPS) is 13.1. The molecule has 1 unspecified atom stereocenters. The van der Waals surface area contributed by atoms with Crippen LogP contribution in [0.25, 0.3) is 0 Å². The summed E-state index contributed by atoms with van der Waals surface area (Å²) in [6.07, 6.45) is 2.28. The molecule has 19 heavy (non-hydrogen) atoms. The number of hydrogen-bond acceptors (Lipinski definition) is 5. The second kappa shape index (κ2) is 14.2. The molecule has 0 amide bonds. The van der Waals surface area contributed by atoms with Gasteiger partial charge in [-0.25, -0.2) is 0 Å². The molecule has 5 heteroatoms. The molecule has 0 aliphatic rings. The third kappa shape index (κ3) is 12.6. The number of ether oxygens (including phenoxy) is 3. The highest BCUT2D eigenvalue weighted by atomic mass is 16.5. The molecule has 5 nitrogen and oxygen atoms in total. The molecular formula is C14H31NO4. The average Bonchev–Trinajstić information content (AvgIpc) is 2.43. The zero-order valence-electron chi connectivity index (χ0n) is 12.8. The Morgan fingerprint density at radius 2 is 1.47 bits per heavy atom. The van der Waals surface area contributed by atoms with E-state index >= 15 is 0 Å². The molecule has 0 aliphatic heterocycles. The van der Waals surface area contributed by atoms with Crippen LogP contribution in [0.1, 0.15) is 26.7 Å². The van der Waals surface area contributed by atoms with Gasteiger partial charge in [-0.3, -0.25) is 4.90 Å². The van der Waals surface area contributed by atoms with Crippen LogP contribution >= 0.6 is 0 Å². The summed E-state index contributed by atoms with van der Waals surface area (Å²) in [4.78, 5) is 2.07. The maximum atomic E-state index is 8.97. The van der Waals surface area contributed by atoms with Crippen LogP contribution in [-0.4, -0.2) is 75.9 Å². The number of hydrogen-bond donors (Lipinski definition) is 1. The fraction of sp³-hybridized carbons (Fsp3) is 1.00. The van der Waals surface area contributed by atoms with Gasteiger partial charge in [-0.15, -0.1) is 0 Å². The summed E-state index contributed by atoms with van der Waals surface area (Å²) < 4.78 is 16.2. The second-order valence-electron chi connectivity index (χ2n) is 4.70. The molecule has 0 fully saturated rings. The Kier molecular flexibility index (Phi) is 14.1. The molecule has 1 N–H and O–H groups in total. The third-order valence-electron chi connectivity index (χ3n) is 2.99. The van der Waals surface area contributed by atoms with Gasteiger partial charge in [-0.1, -0.05) is 13.3 Å². The quantitative estimate of drug-likeness (QED) is 0.483. The molecule has 0 spiro atoms. The molecule has 0 aromatic heterocycles. The van der Waals surface area contributed by atoms with Crippen molar-refractivity contribution < 1.29 is 19.3 Å². The Balaban J connectivity index is 3.10. The predicted octanol–water partition coefficient (Wildman–Crippen LogP) is 1.15. The van der Waals surface area contributed by atoms with Crippen molar-refractivity contribution in [3.63, 3.8) is 0 Å². The lowest BCUT2D eigenvalue weighted by atomic mass is 10.3. The minimum atomic E-state index is 0.178. The summed E-state index contributed by atoms with van der Waals surface area (Å²) in [7, 11) is 1.98. The van der Waals surface area contributed by atoms with Crippen LogP contribution in [0, 0.1) is 0 Å². The van der Waals surface area contributed by atoms with E-state index in [-0.39, 0.29) is 12.6 Å². The predicted molar refractivity (Wildman–Crippen MR) is 76.5 cm³/mol. The Labute approximate surface area is 117 Å². The molecule has 116 valence electrons. The van der Waals surface area contributed by atoms with Crippen molar-refractivity contribution in [2.45, 2.75) is 32.7 Å². The summed E-state index contributed by atoms with van der Waals surface area (Å²) >= 11 is 0. The number of aliphatic hydroxyl groups is 1. The molecule has 0 rings (SSSR count). The zero-order chi connectivity index (χ0) is 14.3. The van der Waals surface area contributed by atoms with Gasteiger partial charge < -0.3 is 19.3 Å². The molecular weight excluding hydrogens is 246 g/mol. The van der Waals surface area contributed by atoms with E-state index in [1.807, 2.05) is 14.0 Å². The highest BCUT2D eigenvalue weighted by molar-refractivity contribution is 4.60. The van der Waals surface area contributed by atoms with Gasteiger partial charge in [0.05, 0.1) is 39.6 Å². The number of nitrogens with zero attached hydrogens (tertiary/aromatic N) is 1. The lowest BCUT2D eigenvalue weighted by Gasteiger charge is -2.22. The minimum Gasteiger partial charge on any atom is -0.395 e. The zero-order valence-corrected chi connectivity index (χ0v) is 12.8. The van der Waals surface area contributed by atoms with Crippen LogP contribution in [0.5, 0.6) is 0 Å². The lowest BCUT2D eigenvalue weighted by molar-refractivity contribution is 0.00866. The maximum Gasteiger partial charge on any atom is 0.0701 e. The van der Waals surface area contributed by atoms with Gasteiger partial charge in [0.1, 0.15) is 0 Å². The molecule has 1 atom stereocenters. The number of rotatable bonds is 14. The van der Waals surface area contributed by atoms with Gasteiger partial charge in [0, 0.05) is 19.2 Å². The van der Waals surface area contributed by atoms with E-state index in [1.54, 1.807) is 0 Å². The summed E-state index contributed by atoms with van der Waals surface area (Å²) in [5, 5.41) is 8.97. The monoisotopic (exact) mass is 277 g/mol. The third-order valence-corrected chi connectivity index (χ3v) is 2.99. The highest BCUT2D eigenvalue weighted by Crippen LogP contribution is 1.93. The first-order chi connectivity index (χ1) is 9.22. The number of unbranched alkanes of at least 4 members (excludes halogenated alkanes) is 1. The molecule has 0 aromatic carbocycles. The first-order valence-electron chi connectivity index (χ1n) is 7.26. The Morgan fingerprint density at radius 1 is 0.947 bits per heavy atom. The van der Waals surface area contributed by atoms with Crippen LogP contribution in [-0.2, 0) is 14.2 Å². The SMILES string of the molecule is CCCCOCCOCCOCCN(C)C(C)CO. The molecule has 0 saturated heterocycles. The van der Waals surface area contributed by atoms with Gasteiger partial charge in [0.2, 0.25) is 0 Å². The van der Waals surface area contributed by atoms with Crippen LogP contribution in [0.15, 0.2) is 0 Å². The lowest BCUT2D eigenvalue weighted by Crippen LogP contribution is -2.34. The maximum absolute atomic E-state index is 8.97. The van der Waals surface area contributed by atoms with E-state index in [1.165, 1.54) is 0 Å². The van der Waals surface area contributed by atoms with Gasteiger partial charge in [-0.05, 0) is 20.4 Å². The summed E-state index contributed by atoms with van der Waals surface area (Å²) in [6, 6.07) is 0.181. The van der Waals surface area contributed by atoms with Crippen LogP contribution in [0.3, 0.4) is 0 Å². The minimum absolute atomic E-state index is 0.178. The second-order valence-corrected chi connectivity index (χ2v) is 4.70. The first-order valence-corrected chi connectivity index (χ1v) is 7.26. The average molecular weight is 277 g/mol. The van der Waals surface area contributed by atoms with Crippen LogP contribution in [0.4, 0.5) is 0 Å². The van der Waals surface area contributed by atoms with Crippen molar-refractivity contribution in [2.24, 2.45) is 0 Å². The van der Waals surface area contributed by atoms with E-state index in [2.05, 4.69) is 11.8 Å². The topological polar surface area (TPSA) is 51.2 Å². The highest BCUT2D eigenvalue weighted by Gasteiger charge is 2.06. The molecule has 0 aromatic rings. The van der Waals surface area contributed by atoms with Gasteiger partial charge in [-0.2, -0.15) is 0 Å². The van der Waals surface area contributed by atoms with E-state index in [0.717, 1.165) is 26.0 Å². The first kappa shape index (κ1) is 18.8. The fourth-order valence-corrected chi connectivity index (χ4v) is 1.36. The van der Waals surface area contributed by atoms with E-state index in [9.17, 15) is 0 Å². The van der Waals surface area contributed by atoms with Crippen molar-refractivity contribution in [1.29, 1.82) is 0 Å². The van der Waals surface area contributed by atoms with E-state index < -0.39 is 0 Å². The smallest absolute Gasteiger partial charge is 0.0701 e. The van der Waals surface area contributed by atoms with Gasteiger partial charge in [0.15, 0.2) is 0 Å². The van der Waals surface area contributed by atoms with Crippen molar-refractivity contribution in [1.82, 2.24) is 4.90 Å². The summed E-state index contributed by atoms with van der Waals surface area (Å²) in [6.45, 7) is 9.14. The van der Waals surface area contributed by atoms with Gasteiger partial charge in [0.25, 0.3) is 0 Å². The number of likely N-dealkylation sites (N-methyl/N-ethyl adjacent to an activating group) is 1. The Bertz CT molecular complexity index is 181. The molecule has 0 heterocycles. The molecule has 0 saturated carbocycles. The van der Waals surface area contributed by atoms with Crippen LogP contribution < -0.4 is 0 Å². The molecule has 0 radical (unpaired) electrons. The Morgan fingerprint density at radius 3 is 2.00 bits per heavy atom. The van der Waals surface area contributed by atoms with Gasteiger partial charge >= 0.3 is 0 Å². The molecule has 0 bridgehead atoms. The van der Waals surface area contributed by atoms with Crippen molar-refractivity contribution in [3.05, 3.63) is 0 Å². The van der Waals surface area contributed by atoms with E-state index in [0.29, 0.717) is 33.0 Å². The van der Waals surface area contributed by atoms with Crippen molar-refractivity contribution in [2.75, 3.05) is 59.8 Å².